The van der Waals surface area contributed by atoms with Crippen LogP contribution in [0.4, 0.5) is 0 Å². The van der Waals surface area contributed by atoms with Crippen LogP contribution in [0.15, 0.2) is 0 Å². The summed E-state index contributed by atoms with van der Waals surface area (Å²) >= 11 is 0. The van der Waals surface area contributed by atoms with Gasteiger partial charge in [0, 0.05) is 12.1 Å². The first-order valence-corrected chi connectivity index (χ1v) is 9.56. The molecule has 0 aromatic heterocycles. The molecule has 0 amide bonds. The summed E-state index contributed by atoms with van der Waals surface area (Å²) in [7, 11) is -3.10. The van der Waals surface area contributed by atoms with E-state index in [1.165, 1.54) is 38.5 Å². The van der Waals surface area contributed by atoms with E-state index in [-0.39, 0.29) is 17.3 Å². The highest BCUT2D eigenvalue weighted by atomic mass is 32.2. The van der Waals surface area contributed by atoms with Gasteiger partial charge in [-0.1, -0.05) is 38.5 Å². The zero-order valence-electron chi connectivity index (χ0n) is 12.5. The first kappa shape index (κ1) is 15.3. The van der Waals surface area contributed by atoms with Crippen LogP contribution in [-0.4, -0.2) is 30.1 Å². The van der Waals surface area contributed by atoms with E-state index in [1.807, 2.05) is 18.2 Å². The van der Waals surface area contributed by atoms with Gasteiger partial charge in [-0.05, 0) is 39.5 Å². The molecule has 19 heavy (non-hydrogen) atoms. The summed E-state index contributed by atoms with van der Waals surface area (Å²) in [5, 5.41) is -0.281. The second-order valence-electron chi connectivity index (χ2n) is 6.51. The molecule has 0 unspecified atom stereocenters. The van der Waals surface area contributed by atoms with E-state index in [9.17, 15) is 8.42 Å². The van der Waals surface area contributed by atoms with Crippen LogP contribution in [0.1, 0.15) is 78.1 Å². The number of rotatable bonds is 4. The fourth-order valence-electron chi connectivity index (χ4n) is 3.63. The van der Waals surface area contributed by atoms with Crippen molar-refractivity contribution >= 4 is 10.0 Å². The average molecular weight is 287 g/mol. The lowest BCUT2D eigenvalue weighted by Gasteiger charge is -2.41. The standard InChI is InChI=1S/C15H29NO2S/c1-13(2)19(17,18)16(14-9-5-3-6-10-14)15-11-7-4-8-12-15/h13-15H,3-12H2,1-2H3. The molecule has 0 saturated heterocycles. The summed E-state index contributed by atoms with van der Waals surface area (Å²) in [5.41, 5.74) is 0. The van der Waals surface area contributed by atoms with Gasteiger partial charge in [-0.3, -0.25) is 0 Å². The molecule has 0 aliphatic heterocycles. The predicted molar refractivity (Wildman–Crippen MR) is 79.6 cm³/mol. The van der Waals surface area contributed by atoms with Crippen LogP contribution in [0.25, 0.3) is 0 Å². The quantitative estimate of drug-likeness (QED) is 0.790. The minimum Gasteiger partial charge on any atom is -0.212 e. The van der Waals surface area contributed by atoms with Crippen LogP contribution in [0.3, 0.4) is 0 Å². The number of sulfonamides is 1. The van der Waals surface area contributed by atoms with E-state index in [2.05, 4.69) is 0 Å². The molecule has 2 fully saturated rings. The Balaban J connectivity index is 2.21. The van der Waals surface area contributed by atoms with Crippen LogP contribution < -0.4 is 0 Å². The molecule has 0 radical (unpaired) electrons. The number of hydrogen-bond donors (Lipinski definition) is 0. The summed E-state index contributed by atoms with van der Waals surface area (Å²) in [6.45, 7) is 3.65. The molecule has 0 spiro atoms. The number of hydrogen-bond acceptors (Lipinski definition) is 2. The predicted octanol–water partition coefficient (Wildman–Crippen LogP) is 3.69. The van der Waals surface area contributed by atoms with Gasteiger partial charge in [-0.25, -0.2) is 8.42 Å². The van der Waals surface area contributed by atoms with E-state index in [0.29, 0.717) is 0 Å². The SMILES string of the molecule is CC(C)S(=O)(=O)N(C1CCCCC1)C1CCCCC1. The van der Waals surface area contributed by atoms with Crippen molar-refractivity contribution in [2.24, 2.45) is 0 Å². The highest BCUT2D eigenvalue weighted by molar-refractivity contribution is 7.89. The molecule has 3 nitrogen and oxygen atoms in total. The van der Waals surface area contributed by atoms with Crippen LogP contribution >= 0.6 is 0 Å². The fourth-order valence-corrected chi connectivity index (χ4v) is 5.37. The Hall–Kier alpha value is -0.0900. The molecule has 2 aliphatic rings. The highest BCUT2D eigenvalue weighted by Gasteiger charge is 2.38. The largest absolute Gasteiger partial charge is 0.216 e. The van der Waals surface area contributed by atoms with Crippen molar-refractivity contribution in [2.45, 2.75) is 95.4 Å². The topological polar surface area (TPSA) is 37.4 Å². The van der Waals surface area contributed by atoms with Gasteiger partial charge in [0.15, 0.2) is 0 Å². The van der Waals surface area contributed by atoms with Gasteiger partial charge in [0.1, 0.15) is 0 Å². The van der Waals surface area contributed by atoms with E-state index in [4.69, 9.17) is 0 Å². The smallest absolute Gasteiger partial charge is 0.212 e. The van der Waals surface area contributed by atoms with Crippen molar-refractivity contribution in [3.63, 3.8) is 0 Å². The van der Waals surface area contributed by atoms with Crippen LogP contribution in [0.5, 0.6) is 0 Å². The summed E-state index contributed by atoms with van der Waals surface area (Å²) in [4.78, 5) is 0. The third-order valence-electron chi connectivity index (χ3n) is 4.76. The lowest BCUT2D eigenvalue weighted by Crippen LogP contribution is -2.50. The fraction of sp³-hybridized carbons (Fsp3) is 1.00. The molecule has 2 aliphatic carbocycles. The summed E-state index contributed by atoms with van der Waals surface area (Å²) in [6.07, 6.45) is 11.6. The van der Waals surface area contributed by atoms with Crippen molar-refractivity contribution in [1.82, 2.24) is 4.31 Å². The zero-order chi connectivity index (χ0) is 13.9. The van der Waals surface area contributed by atoms with E-state index in [0.717, 1.165) is 25.7 Å². The van der Waals surface area contributed by atoms with Crippen LogP contribution in [0, 0.1) is 0 Å². The minimum absolute atomic E-state index is 0.281. The van der Waals surface area contributed by atoms with Gasteiger partial charge in [-0.15, -0.1) is 0 Å². The second kappa shape index (κ2) is 6.57. The molecule has 112 valence electrons. The Labute approximate surface area is 118 Å². The Morgan fingerprint density at radius 3 is 1.47 bits per heavy atom. The lowest BCUT2D eigenvalue weighted by molar-refractivity contribution is 0.168. The Kier molecular flexibility index (Phi) is 5.29. The molecule has 0 N–H and O–H groups in total. The maximum absolute atomic E-state index is 12.8. The Morgan fingerprint density at radius 2 is 1.16 bits per heavy atom. The van der Waals surface area contributed by atoms with Crippen molar-refractivity contribution in [3.8, 4) is 0 Å². The van der Waals surface area contributed by atoms with Gasteiger partial charge in [-0.2, -0.15) is 4.31 Å². The monoisotopic (exact) mass is 287 g/mol. The maximum atomic E-state index is 12.8. The molecule has 0 bridgehead atoms. The van der Waals surface area contributed by atoms with Gasteiger partial charge in [0.2, 0.25) is 10.0 Å². The Bertz CT molecular complexity index is 348. The Morgan fingerprint density at radius 1 is 0.789 bits per heavy atom. The summed E-state index contributed by atoms with van der Waals surface area (Å²) < 4.78 is 27.5. The molecule has 4 heteroatoms. The second-order valence-corrected chi connectivity index (χ2v) is 8.90. The molecule has 0 atom stereocenters. The lowest BCUT2D eigenvalue weighted by atomic mass is 9.91. The molecule has 0 aromatic rings. The van der Waals surface area contributed by atoms with E-state index >= 15 is 0 Å². The molecular formula is C15H29NO2S. The molecule has 2 saturated carbocycles. The molecule has 0 aromatic carbocycles. The van der Waals surface area contributed by atoms with Crippen LogP contribution in [-0.2, 0) is 10.0 Å². The maximum Gasteiger partial charge on any atom is 0.216 e. The van der Waals surface area contributed by atoms with Gasteiger partial charge in [0.05, 0.1) is 5.25 Å². The third kappa shape index (κ3) is 3.52. The highest BCUT2D eigenvalue weighted by Crippen LogP contribution is 2.33. The first-order valence-electron chi connectivity index (χ1n) is 8.06. The number of nitrogens with zero attached hydrogens (tertiary/aromatic N) is 1. The average Bonchev–Trinajstić information content (AvgIpc) is 2.41. The van der Waals surface area contributed by atoms with E-state index < -0.39 is 10.0 Å². The van der Waals surface area contributed by atoms with Crippen molar-refractivity contribution in [1.29, 1.82) is 0 Å². The summed E-state index contributed by atoms with van der Waals surface area (Å²) in [6, 6.07) is 0.563. The summed E-state index contributed by atoms with van der Waals surface area (Å²) in [5.74, 6) is 0. The van der Waals surface area contributed by atoms with Crippen molar-refractivity contribution in [2.75, 3.05) is 0 Å². The van der Waals surface area contributed by atoms with E-state index in [1.54, 1.807) is 0 Å². The normalized spacial score (nSPS) is 24.2. The van der Waals surface area contributed by atoms with Gasteiger partial charge >= 0.3 is 0 Å². The van der Waals surface area contributed by atoms with Crippen molar-refractivity contribution in [3.05, 3.63) is 0 Å². The molecular weight excluding hydrogens is 258 g/mol. The first-order chi connectivity index (χ1) is 9.03. The minimum atomic E-state index is -3.10. The van der Waals surface area contributed by atoms with Crippen LogP contribution in [0.2, 0.25) is 0 Å². The van der Waals surface area contributed by atoms with Gasteiger partial charge < -0.3 is 0 Å². The molecule has 0 heterocycles. The molecule has 2 rings (SSSR count). The van der Waals surface area contributed by atoms with Crippen molar-refractivity contribution < 1.29 is 8.42 Å². The third-order valence-corrected chi connectivity index (χ3v) is 7.13. The zero-order valence-corrected chi connectivity index (χ0v) is 13.3. The van der Waals surface area contributed by atoms with Gasteiger partial charge in [0.25, 0.3) is 0 Å².